The molecule has 164 valence electrons. The fourth-order valence-electron chi connectivity index (χ4n) is 4.15. The Morgan fingerprint density at radius 1 is 1.13 bits per heavy atom. The van der Waals surface area contributed by atoms with E-state index in [1.807, 2.05) is 50.2 Å². The number of hydrogen-bond donors (Lipinski definition) is 1. The molecule has 4 rings (SSSR count). The van der Waals surface area contributed by atoms with E-state index in [0.717, 1.165) is 30.0 Å². The van der Waals surface area contributed by atoms with Gasteiger partial charge in [0.25, 0.3) is 0 Å². The van der Waals surface area contributed by atoms with Crippen molar-refractivity contribution in [2.24, 2.45) is 5.92 Å². The van der Waals surface area contributed by atoms with Gasteiger partial charge in [0.05, 0.1) is 25.1 Å². The minimum absolute atomic E-state index is 0.0189. The van der Waals surface area contributed by atoms with E-state index < -0.39 is 6.04 Å². The zero-order chi connectivity index (χ0) is 21.8. The third-order valence-electron chi connectivity index (χ3n) is 5.80. The molecule has 1 fully saturated rings. The molecule has 1 N–H and O–H groups in total. The van der Waals surface area contributed by atoms with Crippen molar-refractivity contribution in [2.75, 3.05) is 36.5 Å². The number of aromatic nitrogens is 1. The number of amides is 2. The fraction of sp³-hybridized carbons (Fsp3) is 0.458. The van der Waals surface area contributed by atoms with E-state index >= 15 is 0 Å². The van der Waals surface area contributed by atoms with Crippen LogP contribution in [0.15, 0.2) is 42.6 Å². The molecule has 0 saturated carbocycles. The Labute approximate surface area is 183 Å². The number of ether oxygens (including phenoxy) is 1. The summed E-state index contributed by atoms with van der Waals surface area (Å²) in [6.45, 7) is 7.53. The molecule has 0 bridgehead atoms. The van der Waals surface area contributed by atoms with Crippen LogP contribution in [-0.4, -0.2) is 54.0 Å². The average Bonchev–Trinajstić information content (AvgIpc) is 2.79. The average molecular weight is 423 g/mol. The van der Waals surface area contributed by atoms with Gasteiger partial charge in [-0.3, -0.25) is 9.59 Å². The quantitative estimate of drug-likeness (QED) is 0.802. The number of nitrogens with zero attached hydrogens (tertiary/aromatic N) is 3. The van der Waals surface area contributed by atoms with Crippen molar-refractivity contribution in [3.63, 3.8) is 0 Å². The van der Waals surface area contributed by atoms with E-state index in [0.29, 0.717) is 38.3 Å². The number of hydrogen-bond acceptors (Lipinski definition) is 5. The Hall–Kier alpha value is -2.93. The number of benzene rings is 1. The van der Waals surface area contributed by atoms with E-state index in [4.69, 9.17) is 4.74 Å². The first-order valence-corrected chi connectivity index (χ1v) is 11.0. The molecule has 2 amide bonds. The highest BCUT2D eigenvalue weighted by Crippen LogP contribution is 2.26. The topological polar surface area (TPSA) is 74.8 Å². The molecule has 1 unspecified atom stereocenters. The molecule has 1 aromatic carbocycles. The highest BCUT2D eigenvalue weighted by Gasteiger charge is 2.34. The standard InChI is InChI=1S/C24H30N4O3/c1-17(2)13-23(29)28-16-19-6-4-3-5-18(19)14-21(28)24(30)26-20-7-8-22(25-15-20)27-9-11-31-12-10-27/h3-8,15,17,21H,9-14,16H2,1-2H3,(H,26,30). The Morgan fingerprint density at radius 2 is 1.87 bits per heavy atom. The van der Waals surface area contributed by atoms with Crippen molar-refractivity contribution in [3.05, 3.63) is 53.7 Å². The summed E-state index contributed by atoms with van der Waals surface area (Å²) < 4.78 is 5.38. The molecular formula is C24H30N4O3. The molecule has 1 atom stereocenters. The summed E-state index contributed by atoms with van der Waals surface area (Å²) in [7, 11) is 0. The molecule has 0 radical (unpaired) electrons. The molecule has 7 nitrogen and oxygen atoms in total. The summed E-state index contributed by atoms with van der Waals surface area (Å²) in [4.78, 5) is 34.5. The first-order valence-electron chi connectivity index (χ1n) is 11.0. The number of morpholine rings is 1. The maximum absolute atomic E-state index is 13.2. The maximum Gasteiger partial charge on any atom is 0.247 e. The molecule has 1 aromatic heterocycles. The van der Waals surface area contributed by atoms with Gasteiger partial charge in [-0.1, -0.05) is 38.1 Å². The summed E-state index contributed by atoms with van der Waals surface area (Å²) in [6.07, 6.45) is 2.63. The van der Waals surface area contributed by atoms with Gasteiger partial charge in [-0.15, -0.1) is 0 Å². The van der Waals surface area contributed by atoms with E-state index in [2.05, 4.69) is 15.2 Å². The number of anilines is 2. The summed E-state index contributed by atoms with van der Waals surface area (Å²) >= 11 is 0. The van der Waals surface area contributed by atoms with Crippen LogP contribution in [0.1, 0.15) is 31.4 Å². The van der Waals surface area contributed by atoms with Crippen LogP contribution in [0.2, 0.25) is 0 Å². The lowest BCUT2D eigenvalue weighted by Gasteiger charge is -2.36. The molecule has 0 spiro atoms. The van der Waals surface area contributed by atoms with Crippen LogP contribution >= 0.6 is 0 Å². The summed E-state index contributed by atoms with van der Waals surface area (Å²) in [5, 5.41) is 2.97. The largest absolute Gasteiger partial charge is 0.378 e. The molecule has 1 saturated heterocycles. The van der Waals surface area contributed by atoms with Crippen LogP contribution in [0, 0.1) is 5.92 Å². The second kappa shape index (κ2) is 9.47. The van der Waals surface area contributed by atoms with E-state index in [1.165, 1.54) is 0 Å². The van der Waals surface area contributed by atoms with Gasteiger partial charge in [0, 0.05) is 32.5 Å². The van der Waals surface area contributed by atoms with Crippen molar-refractivity contribution < 1.29 is 14.3 Å². The molecule has 2 aliphatic rings. The van der Waals surface area contributed by atoms with Gasteiger partial charge in [-0.25, -0.2) is 4.98 Å². The molecule has 7 heteroatoms. The molecule has 2 aromatic rings. The van der Waals surface area contributed by atoms with Crippen LogP contribution in [0.25, 0.3) is 0 Å². The minimum atomic E-state index is -0.528. The van der Waals surface area contributed by atoms with Crippen molar-refractivity contribution in [1.82, 2.24) is 9.88 Å². The van der Waals surface area contributed by atoms with Crippen LogP contribution in [0.4, 0.5) is 11.5 Å². The predicted molar refractivity (Wildman–Crippen MR) is 120 cm³/mol. The highest BCUT2D eigenvalue weighted by atomic mass is 16.5. The van der Waals surface area contributed by atoms with E-state index in [-0.39, 0.29) is 17.7 Å². The lowest BCUT2D eigenvalue weighted by Crippen LogP contribution is -2.50. The van der Waals surface area contributed by atoms with Gasteiger partial charge in [-0.05, 0) is 29.2 Å². The number of rotatable bonds is 5. The van der Waals surface area contributed by atoms with Crippen LogP contribution in [0.5, 0.6) is 0 Å². The Bertz CT molecular complexity index is 923. The molecule has 2 aliphatic heterocycles. The summed E-state index contributed by atoms with van der Waals surface area (Å²) in [5.74, 6) is 0.963. The lowest BCUT2D eigenvalue weighted by atomic mass is 9.92. The zero-order valence-electron chi connectivity index (χ0n) is 18.2. The van der Waals surface area contributed by atoms with Gasteiger partial charge < -0.3 is 19.9 Å². The number of pyridine rings is 1. The van der Waals surface area contributed by atoms with Crippen LogP contribution < -0.4 is 10.2 Å². The predicted octanol–water partition coefficient (Wildman–Crippen LogP) is 2.86. The molecule has 3 heterocycles. The van der Waals surface area contributed by atoms with Crippen molar-refractivity contribution >= 4 is 23.3 Å². The van der Waals surface area contributed by atoms with Gasteiger partial charge >= 0.3 is 0 Å². The van der Waals surface area contributed by atoms with Crippen molar-refractivity contribution in [2.45, 2.75) is 39.3 Å². The maximum atomic E-state index is 13.2. The first-order chi connectivity index (χ1) is 15.0. The third-order valence-corrected chi connectivity index (χ3v) is 5.80. The second-order valence-electron chi connectivity index (χ2n) is 8.60. The van der Waals surface area contributed by atoms with E-state index in [1.54, 1.807) is 11.1 Å². The Kier molecular flexibility index (Phi) is 6.51. The Morgan fingerprint density at radius 3 is 2.55 bits per heavy atom. The van der Waals surface area contributed by atoms with E-state index in [9.17, 15) is 9.59 Å². The van der Waals surface area contributed by atoms with Gasteiger partial charge in [0.2, 0.25) is 11.8 Å². The normalized spacial score (nSPS) is 18.6. The van der Waals surface area contributed by atoms with Gasteiger partial charge in [0.1, 0.15) is 11.9 Å². The van der Waals surface area contributed by atoms with Gasteiger partial charge in [-0.2, -0.15) is 0 Å². The molecule has 0 aliphatic carbocycles. The Balaban J connectivity index is 1.49. The lowest BCUT2D eigenvalue weighted by molar-refractivity contribution is -0.140. The SMILES string of the molecule is CC(C)CC(=O)N1Cc2ccccc2CC1C(=O)Nc1ccc(N2CCOCC2)nc1. The molecule has 31 heavy (non-hydrogen) atoms. The van der Waals surface area contributed by atoms with Crippen molar-refractivity contribution in [3.8, 4) is 0 Å². The fourth-order valence-corrected chi connectivity index (χ4v) is 4.15. The molecular weight excluding hydrogens is 392 g/mol. The number of carbonyl (C=O) groups excluding carboxylic acids is 2. The monoisotopic (exact) mass is 422 g/mol. The summed E-state index contributed by atoms with van der Waals surface area (Å²) in [6, 6.07) is 11.3. The van der Waals surface area contributed by atoms with Crippen molar-refractivity contribution in [1.29, 1.82) is 0 Å². The van der Waals surface area contributed by atoms with Gasteiger partial charge in [0.15, 0.2) is 0 Å². The second-order valence-corrected chi connectivity index (χ2v) is 8.60. The third kappa shape index (κ3) is 5.05. The van der Waals surface area contributed by atoms with Crippen LogP contribution in [-0.2, 0) is 27.3 Å². The summed E-state index contributed by atoms with van der Waals surface area (Å²) in [5.41, 5.74) is 2.87. The number of carbonyl (C=O) groups is 2. The number of fused-ring (bicyclic) bond motifs is 1. The number of nitrogens with one attached hydrogen (secondary N) is 1. The zero-order valence-corrected chi connectivity index (χ0v) is 18.2. The smallest absolute Gasteiger partial charge is 0.247 e. The first kappa shape index (κ1) is 21.3. The minimum Gasteiger partial charge on any atom is -0.378 e. The highest BCUT2D eigenvalue weighted by molar-refractivity contribution is 5.97. The van der Waals surface area contributed by atoms with Crippen LogP contribution in [0.3, 0.4) is 0 Å².